The Hall–Kier alpha value is -2.22. The van der Waals surface area contributed by atoms with Gasteiger partial charge in [-0.1, -0.05) is 25.1 Å². The molecule has 0 radical (unpaired) electrons. The van der Waals surface area contributed by atoms with Crippen molar-refractivity contribution in [3.05, 3.63) is 42.5 Å². The van der Waals surface area contributed by atoms with Crippen LogP contribution in [0.2, 0.25) is 0 Å². The zero-order valence-corrected chi connectivity index (χ0v) is 18.4. The summed E-state index contributed by atoms with van der Waals surface area (Å²) in [5.74, 6) is 3.21. The van der Waals surface area contributed by atoms with Crippen LogP contribution in [0.3, 0.4) is 0 Å². The first kappa shape index (κ1) is 21.5. The molecular weight excluding hydrogens is 382 g/mol. The van der Waals surface area contributed by atoms with Gasteiger partial charge < -0.3 is 19.7 Å². The van der Waals surface area contributed by atoms with Gasteiger partial charge >= 0.3 is 0 Å². The number of benzene rings is 1. The predicted octanol–water partition coefficient (Wildman–Crippen LogP) is 2.36. The molecular formula is C21H33N7S. The van der Waals surface area contributed by atoms with Gasteiger partial charge in [0.25, 0.3) is 0 Å². The molecule has 29 heavy (non-hydrogen) atoms. The van der Waals surface area contributed by atoms with Gasteiger partial charge in [0.05, 0.1) is 0 Å². The van der Waals surface area contributed by atoms with Gasteiger partial charge in [-0.25, -0.2) is 0 Å². The lowest BCUT2D eigenvalue weighted by Crippen LogP contribution is -2.53. The van der Waals surface area contributed by atoms with Crippen LogP contribution in [0.15, 0.2) is 41.7 Å². The third-order valence-corrected chi connectivity index (χ3v) is 5.81. The largest absolute Gasteiger partial charge is 0.368 e. The minimum absolute atomic E-state index is 0.825. The van der Waals surface area contributed by atoms with E-state index in [0.717, 1.165) is 76.2 Å². The van der Waals surface area contributed by atoms with Crippen molar-refractivity contribution >= 4 is 23.4 Å². The first-order valence-corrected chi connectivity index (χ1v) is 11.9. The van der Waals surface area contributed by atoms with E-state index in [1.165, 1.54) is 5.69 Å². The minimum Gasteiger partial charge on any atom is -0.368 e. The second-order valence-electron chi connectivity index (χ2n) is 7.08. The Morgan fingerprint density at radius 3 is 2.69 bits per heavy atom. The van der Waals surface area contributed by atoms with E-state index in [9.17, 15) is 0 Å². The Morgan fingerprint density at radius 2 is 1.97 bits per heavy atom. The van der Waals surface area contributed by atoms with E-state index >= 15 is 0 Å². The molecule has 1 fully saturated rings. The van der Waals surface area contributed by atoms with Crippen LogP contribution in [0.1, 0.15) is 19.2 Å². The molecule has 0 atom stereocenters. The SMILES string of the molecule is CCc1nncn1CCNC(=NCCCSC)N1CCN(c2ccccc2)CC1. The van der Waals surface area contributed by atoms with Gasteiger partial charge in [-0.05, 0) is 30.6 Å². The molecule has 3 rings (SSSR count). The van der Waals surface area contributed by atoms with Crippen LogP contribution < -0.4 is 10.2 Å². The summed E-state index contributed by atoms with van der Waals surface area (Å²) in [5.41, 5.74) is 1.30. The summed E-state index contributed by atoms with van der Waals surface area (Å²) in [6.45, 7) is 8.65. The molecule has 7 nitrogen and oxygen atoms in total. The number of nitrogens with zero attached hydrogens (tertiary/aromatic N) is 6. The second-order valence-corrected chi connectivity index (χ2v) is 8.07. The highest BCUT2D eigenvalue weighted by molar-refractivity contribution is 7.98. The van der Waals surface area contributed by atoms with E-state index in [1.807, 2.05) is 18.1 Å². The number of anilines is 1. The van der Waals surface area contributed by atoms with Gasteiger partial charge in [0.2, 0.25) is 0 Å². The molecule has 1 aromatic carbocycles. The first-order valence-electron chi connectivity index (χ1n) is 10.5. The van der Waals surface area contributed by atoms with Crippen molar-refractivity contribution in [2.24, 2.45) is 4.99 Å². The van der Waals surface area contributed by atoms with E-state index in [1.54, 1.807) is 0 Å². The fraction of sp³-hybridized carbons (Fsp3) is 0.571. The quantitative estimate of drug-likeness (QED) is 0.385. The third-order valence-electron chi connectivity index (χ3n) is 5.12. The number of para-hydroxylation sites is 1. The number of thioether (sulfide) groups is 1. The van der Waals surface area contributed by atoms with E-state index in [-0.39, 0.29) is 0 Å². The fourth-order valence-corrected chi connectivity index (χ4v) is 3.92. The Bertz CT molecular complexity index is 738. The van der Waals surface area contributed by atoms with Gasteiger partial charge in [0, 0.05) is 57.9 Å². The number of rotatable bonds is 9. The topological polar surface area (TPSA) is 61.6 Å². The monoisotopic (exact) mass is 415 g/mol. The molecule has 1 aromatic heterocycles. The lowest BCUT2D eigenvalue weighted by Gasteiger charge is -2.37. The molecule has 0 spiro atoms. The van der Waals surface area contributed by atoms with Gasteiger partial charge in [-0.15, -0.1) is 10.2 Å². The summed E-state index contributed by atoms with van der Waals surface area (Å²) in [6, 6.07) is 10.7. The summed E-state index contributed by atoms with van der Waals surface area (Å²) < 4.78 is 2.12. The van der Waals surface area contributed by atoms with Crippen LogP contribution in [0, 0.1) is 0 Å². The molecule has 158 valence electrons. The van der Waals surface area contributed by atoms with Crippen molar-refractivity contribution in [3.8, 4) is 0 Å². The molecule has 1 saturated heterocycles. The van der Waals surface area contributed by atoms with Crippen molar-refractivity contribution in [3.63, 3.8) is 0 Å². The normalized spacial score (nSPS) is 15.0. The Morgan fingerprint density at radius 1 is 1.17 bits per heavy atom. The molecule has 1 aliphatic heterocycles. The fourth-order valence-electron chi connectivity index (χ4n) is 3.50. The van der Waals surface area contributed by atoms with Crippen LogP contribution >= 0.6 is 11.8 Å². The van der Waals surface area contributed by atoms with Gasteiger partial charge in [0.15, 0.2) is 5.96 Å². The molecule has 2 aromatic rings. The summed E-state index contributed by atoms with van der Waals surface area (Å²) in [5, 5.41) is 11.8. The summed E-state index contributed by atoms with van der Waals surface area (Å²) in [6.07, 6.45) is 5.98. The Labute approximate surface area is 178 Å². The lowest BCUT2D eigenvalue weighted by molar-refractivity contribution is 0.370. The highest BCUT2D eigenvalue weighted by Crippen LogP contribution is 2.15. The van der Waals surface area contributed by atoms with Gasteiger partial charge in [-0.3, -0.25) is 4.99 Å². The molecule has 0 bridgehead atoms. The Kier molecular flexibility index (Phi) is 8.67. The number of piperazine rings is 1. The lowest BCUT2D eigenvalue weighted by atomic mass is 10.2. The number of aliphatic imine (C=N–C) groups is 1. The second kappa shape index (κ2) is 11.7. The highest BCUT2D eigenvalue weighted by atomic mass is 32.2. The average molecular weight is 416 g/mol. The number of guanidine groups is 1. The van der Waals surface area contributed by atoms with E-state index < -0.39 is 0 Å². The standard InChI is InChI=1S/C21H33N7S/c1-3-20-25-24-18-28(20)12-11-23-21(22-10-7-17-29-2)27-15-13-26(14-16-27)19-8-5-4-6-9-19/h4-6,8-9,18H,3,7,10-17H2,1-2H3,(H,22,23). The number of aromatic nitrogens is 3. The van der Waals surface area contributed by atoms with E-state index in [2.05, 4.69) is 73.4 Å². The maximum atomic E-state index is 4.90. The molecule has 2 heterocycles. The predicted molar refractivity (Wildman–Crippen MR) is 123 cm³/mol. The summed E-state index contributed by atoms with van der Waals surface area (Å²) >= 11 is 1.88. The van der Waals surface area contributed by atoms with Crippen molar-refractivity contribution < 1.29 is 0 Å². The third kappa shape index (κ3) is 6.39. The van der Waals surface area contributed by atoms with E-state index in [4.69, 9.17) is 4.99 Å². The van der Waals surface area contributed by atoms with Crippen molar-refractivity contribution in [1.82, 2.24) is 25.0 Å². The first-order chi connectivity index (χ1) is 14.3. The highest BCUT2D eigenvalue weighted by Gasteiger charge is 2.20. The van der Waals surface area contributed by atoms with Gasteiger partial charge in [0.1, 0.15) is 12.2 Å². The maximum Gasteiger partial charge on any atom is 0.194 e. The van der Waals surface area contributed by atoms with Crippen LogP contribution in [-0.2, 0) is 13.0 Å². The number of hydrogen-bond donors (Lipinski definition) is 1. The van der Waals surface area contributed by atoms with Crippen LogP contribution in [0.4, 0.5) is 5.69 Å². The average Bonchev–Trinajstić information content (AvgIpc) is 3.24. The molecule has 0 saturated carbocycles. The van der Waals surface area contributed by atoms with E-state index in [0.29, 0.717) is 0 Å². The number of nitrogens with one attached hydrogen (secondary N) is 1. The minimum atomic E-state index is 0.825. The number of hydrogen-bond acceptors (Lipinski definition) is 5. The Balaban J connectivity index is 1.55. The zero-order chi connectivity index (χ0) is 20.3. The molecule has 0 unspecified atom stereocenters. The van der Waals surface area contributed by atoms with Crippen LogP contribution in [-0.4, -0.2) is 76.9 Å². The molecule has 0 amide bonds. The summed E-state index contributed by atoms with van der Waals surface area (Å²) in [4.78, 5) is 9.75. The maximum absolute atomic E-state index is 4.90. The van der Waals surface area contributed by atoms with Gasteiger partial charge in [-0.2, -0.15) is 11.8 Å². The molecule has 1 aliphatic rings. The number of aryl methyl sites for hydroxylation is 1. The summed E-state index contributed by atoms with van der Waals surface area (Å²) in [7, 11) is 0. The van der Waals surface area contributed by atoms with Crippen molar-refractivity contribution in [2.75, 3.05) is 56.2 Å². The zero-order valence-electron chi connectivity index (χ0n) is 17.6. The molecule has 8 heteroatoms. The van der Waals surface area contributed by atoms with Crippen LogP contribution in [0.5, 0.6) is 0 Å². The smallest absolute Gasteiger partial charge is 0.194 e. The van der Waals surface area contributed by atoms with Crippen LogP contribution in [0.25, 0.3) is 0 Å². The van der Waals surface area contributed by atoms with Crippen molar-refractivity contribution in [2.45, 2.75) is 26.3 Å². The molecule has 1 N–H and O–H groups in total. The molecule has 0 aliphatic carbocycles. The van der Waals surface area contributed by atoms with Crippen molar-refractivity contribution in [1.29, 1.82) is 0 Å².